The van der Waals surface area contributed by atoms with Crippen LogP contribution in [-0.2, 0) is 11.8 Å². The van der Waals surface area contributed by atoms with Gasteiger partial charge in [0.05, 0.1) is 6.42 Å². The number of hydrogen-bond acceptors (Lipinski definition) is 2. The molecule has 1 atom stereocenters. The Labute approximate surface area is 112 Å². The molecule has 5 nitrogen and oxygen atoms in total. The maximum Gasteiger partial charge on any atom is 0.305 e. The molecule has 0 aliphatic carbocycles. The predicted molar refractivity (Wildman–Crippen MR) is 71.1 cm³/mol. The number of likely N-dealkylation sites (tertiary alicyclic amines) is 1. The predicted octanol–water partition coefficient (Wildman–Crippen LogP) is 1.80. The summed E-state index contributed by atoms with van der Waals surface area (Å²) in [5.74, 6) is -0.894. The Hall–Kier alpha value is -1.78. The lowest BCUT2D eigenvalue weighted by molar-refractivity contribution is -0.138. The van der Waals surface area contributed by atoms with Crippen molar-refractivity contribution in [1.29, 1.82) is 0 Å². The van der Waals surface area contributed by atoms with Crippen molar-refractivity contribution in [1.82, 2.24) is 9.47 Å². The van der Waals surface area contributed by atoms with E-state index < -0.39 is 5.97 Å². The molecule has 0 spiro atoms. The quantitative estimate of drug-likeness (QED) is 0.905. The fourth-order valence-electron chi connectivity index (χ4n) is 2.66. The van der Waals surface area contributed by atoms with E-state index in [-0.39, 0.29) is 18.4 Å². The summed E-state index contributed by atoms with van der Waals surface area (Å²) in [6, 6.07) is 3.54. The normalized spacial score (nSPS) is 19.5. The minimum Gasteiger partial charge on any atom is -0.481 e. The summed E-state index contributed by atoms with van der Waals surface area (Å²) >= 11 is 0. The molecule has 104 valence electrons. The lowest BCUT2D eigenvalue weighted by atomic mass is 9.99. The van der Waals surface area contributed by atoms with E-state index in [1.807, 2.05) is 30.7 Å². The maximum absolute atomic E-state index is 12.5. The molecule has 1 saturated heterocycles. The number of carboxylic acid groups (broad SMARTS) is 1. The second-order valence-corrected chi connectivity index (χ2v) is 5.16. The van der Waals surface area contributed by atoms with E-state index >= 15 is 0 Å². The van der Waals surface area contributed by atoms with Crippen LogP contribution < -0.4 is 0 Å². The van der Waals surface area contributed by atoms with Crippen LogP contribution in [0.15, 0.2) is 12.1 Å². The van der Waals surface area contributed by atoms with E-state index in [2.05, 4.69) is 0 Å². The molecule has 2 heterocycles. The Morgan fingerprint density at radius 1 is 1.37 bits per heavy atom. The van der Waals surface area contributed by atoms with Gasteiger partial charge in [0.1, 0.15) is 5.69 Å². The molecule has 5 heteroatoms. The molecule has 2 rings (SSSR count). The summed E-state index contributed by atoms with van der Waals surface area (Å²) in [5.41, 5.74) is 1.66. The van der Waals surface area contributed by atoms with Gasteiger partial charge < -0.3 is 14.6 Å². The number of rotatable bonds is 3. The van der Waals surface area contributed by atoms with Crippen LogP contribution in [0.5, 0.6) is 0 Å². The van der Waals surface area contributed by atoms with Crippen molar-refractivity contribution in [2.45, 2.75) is 38.6 Å². The molecule has 1 aromatic heterocycles. The monoisotopic (exact) mass is 264 g/mol. The number of aromatic nitrogens is 1. The number of carbonyl (C=O) groups excluding carboxylic acids is 1. The molecule has 1 aliphatic heterocycles. The van der Waals surface area contributed by atoms with Gasteiger partial charge in [0.25, 0.3) is 5.91 Å². The first-order chi connectivity index (χ1) is 9.00. The Morgan fingerprint density at radius 2 is 2.11 bits per heavy atom. The highest BCUT2D eigenvalue weighted by molar-refractivity contribution is 5.93. The Bertz CT molecular complexity index is 493. The number of carboxylic acids is 1. The highest BCUT2D eigenvalue weighted by Gasteiger charge is 2.30. The summed E-state index contributed by atoms with van der Waals surface area (Å²) in [7, 11) is 1.86. The summed E-state index contributed by atoms with van der Waals surface area (Å²) in [4.78, 5) is 25.2. The minimum atomic E-state index is -0.840. The van der Waals surface area contributed by atoms with Crippen molar-refractivity contribution in [3.63, 3.8) is 0 Å². The molecule has 1 aliphatic rings. The number of nitrogens with zero attached hydrogens (tertiary/aromatic N) is 2. The van der Waals surface area contributed by atoms with Crippen LogP contribution in [0.1, 0.15) is 41.9 Å². The van der Waals surface area contributed by atoms with Crippen LogP contribution in [0.3, 0.4) is 0 Å². The summed E-state index contributed by atoms with van der Waals surface area (Å²) in [6.45, 7) is 2.60. The SMILES string of the molecule is Cc1ccc(C(=O)N2CCCCC2CC(=O)O)n1C. The fraction of sp³-hybridized carbons (Fsp3) is 0.571. The number of piperidine rings is 1. The van der Waals surface area contributed by atoms with E-state index in [1.165, 1.54) is 0 Å². The van der Waals surface area contributed by atoms with Crippen molar-refractivity contribution in [3.8, 4) is 0 Å². The van der Waals surface area contributed by atoms with Gasteiger partial charge in [-0.15, -0.1) is 0 Å². The lowest BCUT2D eigenvalue weighted by Crippen LogP contribution is -2.45. The first-order valence-electron chi connectivity index (χ1n) is 6.66. The van der Waals surface area contributed by atoms with E-state index in [0.29, 0.717) is 12.2 Å². The highest BCUT2D eigenvalue weighted by Crippen LogP contribution is 2.22. The molecule has 0 saturated carbocycles. The smallest absolute Gasteiger partial charge is 0.305 e. The number of hydrogen-bond donors (Lipinski definition) is 1. The minimum absolute atomic E-state index is 0.0369. The van der Waals surface area contributed by atoms with Crippen LogP contribution in [-0.4, -0.2) is 39.0 Å². The fourth-order valence-corrected chi connectivity index (χ4v) is 2.66. The standard InChI is InChI=1S/C14H20N2O3/c1-10-6-7-12(15(10)2)14(19)16-8-4-3-5-11(16)9-13(17)18/h6-7,11H,3-5,8-9H2,1-2H3,(H,17,18). The van der Waals surface area contributed by atoms with Gasteiger partial charge >= 0.3 is 5.97 Å². The van der Waals surface area contributed by atoms with Gasteiger partial charge in [-0.1, -0.05) is 0 Å². The van der Waals surface area contributed by atoms with Crippen molar-refractivity contribution < 1.29 is 14.7 Å². The lowest BCUT2D eigenvalue weighted by Gasteiger charge is -2.35. The average molecular weight is 264 g/mol. The topological polar surface area (TPSA) is 62.5 Å². The van der Waals surface area contributed by atoms with E-state index in [1.54, 1.807) is 4.90 Å². The molecule has 19 heavy (non-hydrogen) atoms. The molecule has 1 N–H and O–H groups in total. The van der Waals surface area contributed by atoms with Crippen LogP contribution in [0.25, 0.3) is 0 Å². The van der Waals surface area contributed by atoms with Gasteiger partial charge in [-0.2, -0.15) is 0 Å². The first-order valence-corrected chi connectivity index (χ1v) is 6.66. The molecule has 0 bridgehead atoms. The number of aliphatic carboxylic acids is 1. The third kappa shape index (κ3) is 2.80. The van der Waals surface area contributed by atoms with Crippen LogP contribution >= 0.6 is 0 Å². The number of aryl methyl sites for hydroxylation is 1. The number of carbonyl (C=O) groups is 2. The molecular weight excluding hydrogens is 244 g/mol. The van der Waals surface area contributed by atoms with Gasteiger partial charge in [-0.25, -0.2) is 0 Å². The second-order valence-electron chi connectivity index (χ2n) is 5.16. The summed E-state index contributed by atoms with van der Waals surface area (Å²) < 4.78 is 1.86. The van der Waals surface area contributed by atoms with Crippen molar-refractivity contribution >= 4 is 11.9 Å². The Kier molecular flexibility index (Phi) is 3.93. The Morgan fingerprint density at radius 3 is 2.68 bits per heavy atom. The van der Waals surface area contributed by atoms with Gasteiger partial charge in [0.2, 0.25) is 0 Å². The largest absolute Gasteiger partial charge is 0.481 e. The van der Waals surface area contributed by atoms with Crippen LogP contribution in [0.4, 0.5) is 0 Å². The highest BCUT2D eigenvalue weighted by atomic mass is 16.4. The van der Waals surface area contributed by atoms with E-state index in [0.717, 1.165) is 25.0 Å². The zero-order chi connectivity index (χ0) is 14.0. The Balaban J connectivity index is 2.20. The van der Waals surface area contributed by atoms with Gasteiger partial charge in [-0.05, 0) is 38.3 Å². The zero-order valence-electron chi connectivity index (χ0n) is 11.4. The average Bonchev–Trinajstić information content (AvgIpc) is 2.69. The van der Waals surface area contributed by atoms with Crippen molar-refractivity contribution in [2.24, 2.45) is 7.05 Å². The van der Waals surface area contributed by atoms with Crippen molar-refractivity contribution in [2.75, 3.05) is 6.54 Å². The molecule has 1 fully saturated rings. The van der Waals surface area contributed by atoms with Crippen LogP contribution in [0, 0.1) is 6.92 Å². The van der Waals surface area contributed by atoms with Gasteiger partial charge in [-0.3, -0.25) is 9.59 Å². The molecule has 1 aromatic rings. The summed E-state index contributed by atoms with van der Waals surface area (Å²) in [6.07, 6.45) is 2.76. The summed E-state index contributed by atoms with van der Waals surface area (Å²) in [5, 5.41) is 8.95. The third-order valence-corrected chi connectivity index (χ3v) is 3.89. The number of amides is 1. The first kappa shape index (κ1) is 13.6. The third-order valence-electron chi connectivity index (χ3n) is 3.89. The van der Waals surface area contributed by atoms with Gasteiger partial charge in [0, 0.05) is 25.3 Å². The maximum atomic E-state index is 12.5. The van der Waals surface area contributed by atoms with Crippen LogP contribution in [0.2, 0.25) is 0 Å². The molecule has 1 amide bonds. The second kappa shape index (κ2) is 5.47. The molecule has 0 aromatic carbocycles. The molecular formula is C14H20N2O3. The molecule has 1 unspecified atom stereocenters. The molecule has 0 radical (unpaired) electrons. The zero-order valence-corrected chi connectivity index (χ0v) is 11.4. The van der Waals surface area contributed by atoms with Gasteiger partial charge in [0.15, 0.2) is 0 Å². The van der Waals surface area contributed by atoms with E-state index in [9.17, 15) is 9.59 Å². The van der Waals surface area contributed by atoms with E-state index in [4.69, 9.17) is 5.11 Å². The van der Waals surface area contributed by atoms with Crippen molar-refractivity contribution in [3.05, 3.63) is 23.5 Å².